The number of benzene rings is 1. The van der Waals surface area contributed by atoms with Crippen molar-refractivity contribution >= 4 is 22.6 Å². The van der Waals surface area contributed by atoms with Gasteiger partial charge in [0.15, 0.2) is 0 Å². The number of hydrogen-bond donors (Lipinski definition) is 2. The summed E-state index contributed by atoms with van der Waals surface area (Å²) in [5.74, 6) is 1.35. The highest BCUT2D eigenvalue weighted by molar-refractivity contribution is 7.09. The van der Waals surface area contributed by atoms with Crippen molar-refractivity contribution in [3.63, 3.8) is 0 Å². The molecule has 0 bridgehead atoms. The number of carbonyl (C=O) groups is 1. The van der Waals surface area contributed by atoms with Crippen molar-refractivity contribution in [3.05, 3.63) is 65.4 Å². The molecule has 0 saturated carbocycles. The Morgan fingerprint density at radius 2 is 2.17 bits per heavy atom. The van der Waals surface area contributed by atoms with Crippen molar-refractivity contribution in [1.29, 1.82) is 0 Å². The predicted molar refractivity (Wildman–Crippen MR) is 88.3 cm³/mol. The van der Waals surface area contributed by atoms with E-state index in [0.29, 0.717) is 18.7 Å². The van der Waals surface area contributed by atoms with Gasteiger partial charge in [-0.1, -0.05) is 12.1 Å². The maximum atomic E-state index is 12.2. The number of nitrogens with zero attached hydrogens (tertiary/aromatic N) is 2. The van der Waals surface area contributed by atoms with E-state index in [9.17, 15) is 4.79 Å². The number of anilines is 1. The molecule has 7 heteroatoms. The van der Waals surface area contributed by atoms with Crippen LogP contribution in [0.15, 0.2) is 47.1 Å². The summed E-state index contributed by atoms with van der Waals surface area (Å²) in [5.41, 5.74) is 1.62. The Kier molecular flexibility index (Phi) is 4.68. The van der Waals surface area contributed by atoms with Gasteiger partial charge in [-0.05, 0) is 36.8 Å². The monoisotopic (exact) mass is 328 g/mol. The third-order valence-corrected chi connectivity index (χ3v) is 3.93. The van der Waals surface area contributed by atoms with E-state index >= 15 is 0 Å². The first kappa shape index (κ1) is 15.2. The molecule has 23 heavy (non-hydrogen) atoms. The molecule has 118 valence electrons. The largest absolute Gasteiger partial charge is 0.467 e. The molecular weight excluding hydrogens is 312 g/mol. The summed E-state index contributed by atoms with van der Waals surface area (Å²) >= 11 is 1.32. The van der Waals surface area contributed by atoms with Gasteiger partial charge in [-0.25, -0.2) is 4.98 Å². The third kappa shape index (κ3) is 4.17. The van der Waals surface area contributed by atoms with E-state index in [4.69, 9.17) is 4.42 Å². The summed E-state index contributed by atoms with van der Waals surface area (Å²) in [6.07, 6.45) is 1.59. The highest BCUT2D eigenvalue weighted by atomic mass is 32.1. The van der Waals surface area contributed by atoms with E-state index in [-0.39, 0.29) is 5.91 Å². The molecule has 0 aliphatic rings. The highest BCUT2D eigenvalue weighted by Crippen LogP contribution is 2.13. The van der Waals surface area contributed by atoms with Crippen LogP contribution in [0.5, 0.6) is 0 Å². The molecule has 0 aliphatic carbocycles. The molecule has 0 unspecified atom stereocenters. The van der Waals surface area contributed by atoms with Crippen molar-refractivity contribution in [2.24, 2.45) is 0 Å². The predicted octanol–water partition coefficient (Wildman–Crippen LogP) is 2.98. The van der Waals surface area contributed by atoms with Crippen LogP contribution in [0.1, 0.15) is 27.5 Å². The van der Waals surface area contributed by atoms with E-state index in [2.05, 4.69) is 20.0 Å². The van der Waals surface area contributed by atoms with Gasteiger partial charge in [0.1, 0.15) is 11.6 Å². The lowest BCUT2D eigenvalue weighted by atomic mass is 10.1. The van der Waals surface area contributed by atoms with Gasteiger partial charge < -0.3 is 15.1 Å². The van der Waals surface area contributed by atoms with Crippen molar-refractivity contribution < 1.29 is 9.21 Å². The van der Waals surface area contributed by atoms with Crippen LogP contribution in [0.2, 0.25) is 0 Å². The second-order valence-electron chi connectivity index (χ2n) is 4.96. The van der Waals surface area contributed by atoms with E-state index in [1.54, 1.807) is 18.4 Å². The lowest BCUT2D eigenvalue weighted by molar-refractivity contribution is 0.0948. The van der Waals surface area contributed by atoms with Crippen LogP contribution < -0.4 is 10.6 Å². The van der Waals surface area contributed by atoms with Gasteiger partial charge in [0.05, 0.1) is 12.8 Å². The lowest BCUT2D eigenvalue weighted by Gasteiger charge is -2.06. The number of amides is 1. The Bertz CT molecular complexity index is 783. The average Bonchev–Trinajstić information content (AvgIpc) is 3.22. The van der Waals surface area contributed by atoms with Crippen LogP contribution in [0.25, 0.3) is 0 Å². The zero-order valence-corrected chi connectivity index (χ0v) is 13.4. The van der Waals surface area contributed by atoms with E-state index < -0.39 is 0 Å². The van der Waals surface area contributed by atoms with E-state index in [0.717, 1.165) is 22.3 Å². The van der Waals surface area contributed by atoms with Gasteiger partial charge in [-0.2, -0.15) is 4.37 Å². The fraction of sp³-hybridized carbons (Fsp3) is 0.188. The number of hydrogen-bond acceptors (Lipinski definition) is 6. The van der Waals surface area contributed by atoms with Gasteiger partial charge >= 0.3 is 0 Å². The first-order valence-electron chi connectivity index (χ1n) is 7.14. The molecule has 1 amide bonds. The maximum Gasteiger partial charge on any atom is 0.251 e. The summed E-state index contributed by atoms with van der Waals surface area (Å²) in [7, 11) is 0. The first-order chi connectivity index (χ1) is 11.2. The van der Waals surface area contributed by atoms with Gasteiger partial charge in [0.25, 0.3) is 5.91 Å². The van der Waals surface area contributed by atoms with Crippen LogP contribution in [0, 0.1) is 6.92 Å². The Labute approximate surface area is 137 Å². The zero-order chi connectivity index (χ0) is 16.1. The summed E-state index contributed by atoms with van der Waals surface area (Å²) in [6.45, 7) is 2.82. The highest BCUT2D eigenvalue weighted by Gasteiger charge is 2.07. The molecule has 0 spiro atoms. The summed E-state index contributed by atoms with van der Waals surface area (Å²) in [4.78, 5) is 16.4. The van der Waals surface area contributed by atoms with Crippen LogP contribution in [0.3, 0.4) is 0 Å². The summed E-state index contributed by atoms with van der Waals surface area (Å²) < 4.78 is 9.32. The van der Waals surface area contributed by atoms with Gasteiger partial charge in [-0.15, -0.1) is 0 Å². The Morgan fingerprint density at radius 3 is 2.91 bits per heavy atom. The van der Waals surface area contributed by atoms with Gasteiger partial charge in [0, 0.05) is 23.6 Å². The second kappa shape index (κ2) is 7.06. The quantitative estimate of drug-likeness (QED) is 0.727. The van der Waals surface area contributed by atoms with Gasteiger partial charge in [-0.3, -0.25) is 4.79 Å². The fourth-order valence-electron chi connectivity index (χ4n) is 2.05. The third-order valence-electron chi connectivity index (χ3n) is 3.16. The minimum atomic E-state index is -0.130. The van der Waals surface area contributed by atoms with Crippen molar-refractivity contribution in [3.8, 4) is 0 Å². The van der Waals surface area contributed by atoms with E-state index in [1.807, 2.05) is 31.2 Å². The van der Waals surface area contributed by atoms with Crippen molar-refractivity contribution in [2.45, 2.75) is 20.0 Å². The molecule has 0 saturated heterocycles. The zero-order valence-electron chi connectivity index (χ0n) is 12.6. The number of rotatable bonds is 6. The summed E-state index contributed by atoms with van der Waals surface area (Å²) in [5, 5.41) is 6.81. The molecule has 1 aromatic carbocycles. The number of furan rings is 1. The van der Waals surface area contributed by atoms with Crippen LogP contribution in [-0.4, -0.2) is 15.3 Å². The first-order valence-corrected chi connectivity index (χ1v) is 7.92. The Hall–Kier alpha value is -2.67. The molecule has 0 fully saturated rings. The number of aromatic nitrogens is 2. The standard InChI is InChI=1S/C16H16N4O2S/c1-11-19-16(23-20-11)18-9-12-4-2-5-13(8-12)15(21)17-10-14-6-3-7-22-14/h2-8H,9-10H2,1H3,(H,17,21)(H,18,19,20). The van der Waals surface area contributed by atoms with Crippen molar-refractivity contribution in [2.75, 3.05) is 5.32 Å². The molecule has 2 heterocycles. The van der Waals surface area contributed by atoms with Crippen LogP contribution >= 0.6 is 11.5 Å². The molecule has 2 aromatic heterocycles. The SMILES string of the molecule is Cc1nsc(NCc2cccc(C(=O)NCc3ccco3)c2)n1. The second-order valence-corrected chi connectivity index (χ2v) is 5.71. The van der Waals surface area contributed by atoms with Crippen LogP contribution in [0.4, 0.5) is 5.13 Å². The number of carbonyl (C=O) groups excluding carboxylic acids is 1. The Balaban J connectivity index is 1.58. The Morgan fingerprint density at radius 1 is 1.26 bits per heavy atom. The molecular formula is C16H16N4O2S. The minimum Gasteiger partial charge on any atom is -0.467 e. The summed E-state index contributed by atoms with van der Waals surface area (Å²) in [6, 6.07) is 11.1. The lowest BCUT2D eigenvalue weighted by Crippen LogP contribution is -2.22. The molecule has 0 radical (unpaired) electrons. The maximum absolute atomic E-state index is 12.2. The molecule has 6 nitrogen and oxygen atoms in total. The van der Waals surface area contributed by atoms with Gasteiger partial charge in [0.2, 0.25) is 5.13 Å². The molecule has 3 aromatic rings. The smallest absolute Gasteiger partial charge is 0.251 e. The molecule has 0 aliphatic heterocycles. The fourth-order valence-corrected chi connectivity index (χ4v) is 2.62. The normalized spacial score (nSPS) is 10.5. The number of nitrogens with one attached hydrogen (secondary N) is 2. The van der Waals surface area contributed by atoms with Crippen LogP contribution in [-0.2, 0) is 13.1 Å². The molecule has 0 atom stereocenters. The topological polar surface area (TPSA) is 80.0 Å². The van der Waals surface area contributed by atoms with E-state index in [1.165, 1.54) is 11.5 Å². The average molecular weight is 328 g/mol. The van der Waals surface area contributed by atoms with Crippen molar-refractivity contribution in [1.82, 2.24) is 14.7 Å². The number of aryl methyl sites for hydroxylation is 1. The molecule has 2 N–H and O–H groups in total. The molecule has 3 rings (SSSR count). The minimum absolute atomic E-state index is 0.130.